The monoisotopic (exact) mass is 206 g/mol. The smallest absolute Gasteiger partial charge is 0.306 e. The fourth-order valence-corrected chi connectivity index (χ4v) is 1.74. The minimum absolute atomic E-state index is 0.0886. The van der Waals surface area contributed by atoms with E-state index in [2.05, 4.69) is 6.92 Å². The van der Waals surface area contributed by atoms with Gasteiger partial charge < -0.3 is 9.84 Å². The zero-order chi connectivity index (χ0) is 9.94. The number of hydrogen-bond acceptors (Lipinski definition) is 4. The van der Waals surface area contributed by atoms with Crippen LogP contribution in [0.2, 0.25) is 0 Å². The lowest BCUT2D eigenvalue weighted by Crippen LogP contribution is -2.09. The molecule has 0 amide bonds. The Morgan fingerprint density at radius 2 is 2.23 bits per heavy atom. The van der Waals surface area contributed by atoms with Gasteiger partial charge in [-0.05, 0) is 12.2 Å². The minimum atomic E-state index is -0.210. The van der Waals surface area contributed by atoms with Gasteiger partial charge in [0, 0.05) is 5.75 Å². The molecule has 0 bridgehead atoms. The van der Waals surface area contributed by atoms with Gasteiger partial charge in [-0.1, -0.05) is 13.3 Å². The Balaban J connectivity index is 3.08. The molecule has 0 saturated heterocycles. The molecule has 0 atom stereocenters. The van der Waals surface area contributed by atoms with Crippen LogP contribution in [0, 0.1) is 0 Å². The molecule has 78 valence electrons. The van der Waals surface area contributed by atoms with E-state index in [1.807, 2.05) is 0 Å². The molecule has 0 aliphatic rings. The molecule has 4 heteroatoms. The second kappa shape index (κ2) is 9.86. The number of aliphatic hydroxyl groups excluding tert-OH is 1. The van der Waals surface area contributed by atoms with Crippen molar-refractivity contribution >= 4 is 17.7 Å². The van der Waals surface area contributed by atoms with Crippen LogP contribution >= 0.6 is 11.8 Å². The minimum Gasteiger partial charge on any atom is -0.463 e. The standard InChI is InChI=1S/C9H18O3S/c1-2-3-7-13-8-4-9(11)12-6-5-10/h10H,2-8H2,1H3. The van der Waals surface area contributed by atoms with Crippen molar-refractivity contribution < 1.29 is 14.6 Å². The van der Waals surface area contributed by atoms with Crippen LogP contribution in [0.4, 0.5) is 0 Å². The summed E-state index contributed by atoms with van der Waals surface area (Å²) in [6.07, 6.45) is 2.85. The zero-order valence-corrected chi connectivity index (χ0v) is 8.94. The van der Waals surface area contributed by atoms with E-state index in [-0.39, 0.29) is 19.2 Å². The highest BCUT2D eigenvalue weighted by molar-refractivity contribution is 7.99. The molecule has 0 heterocycles. The summed E-state index contributed by atoms with van der Waals surface area (Å²) in [5.41, 5.74) is 0. The number of hydrogen-bond donors (Lipinski definition) is 1. The molecule has 0 unspecified atom stereocenters. The normalized spacial score (nSPS) is 10.0. The van der Waals surface area contributed by atoms with E-state index in [0.717, 1.165) is 11.5 Å². The van der Waals surface area contributed by atoms with Crippen LogP contribution in [-0.2, 0) is 9.53 Å². The van der Waals surface area contributed by atoms with E-state index in [9.17, 15) is 4.79 Å². The number of aliphatic hydroxyl groups is 1. The third-order valence-electron chi connectivity index (χ3n) is 1.45. The summed E-state index contributed by atoms with van der Waals surface area (Å²) in [6.45, 7) is 2.18. The Bertz CT molecular complexity index is 128. The molecular formula is C9H18O3S. The summed E-state index contributed by atoms with van der Waals surface area (Å²) in [7, 11) is 0. The average molecular weight is 206 g/mol. The maximum atomic E-state index is 10.9. The third-order valence-corrected chi connectivity index (χ3v) is 2.52. The van der Waals surface area contributed by atoms with E-state index in [1.165, 1.54) is 12.8 Å². The average Bonchev–Trinajstić information content (AvgIpc) is 2.14. The van der Waals surface area contributed by atoms with Gasteiger partial charge in [-0.25, -0.2) is 0 Å². The van der Waals surface area contributed by atoms with Gasteiger partial charge in [0.15, 0.2) is 0 Å². The van der Waals surface area contributed by atoms with E-state index in [4.69, 9.17) is 9.84 Å². The highest BCUT2D eigenvalue weighted by Crippen LogP contribution is 2.06. The molecule has 0 aromatic rings. The number of rotatable bonds is 8. The topological polar surface area (TPSA) is 46.5 Å². The fraction of sp³-hybridized carbons (Fsp3) is 0.889. The number of ether oxygens (including phenoxy) is 1. The SMILES string of the molecule is CCCCSCCC(=O)OCCO. The van der Waals surface area contributed by atoms with E-state index < -0.39 is 0 Å². The molecule has 0 fully saturated rings. The number of carbonyl (C=O) groups is 1. The number of carbonyl (C=O) groups excluding carboxylic acids is 1. The first-order valence-electron chi connectivity index (χ1n) is 4.65. The molecule has 0 spiro atoms. The van der Waals surface area contributed by atoms with Gasteiger partial charge in [0.2, 0.25) is 0 Å². The first kappa shape index (κ1) is 12.8. The van der Waals surface area contributed by atoms with Crippen molar-refractivity contribution in [3.8, 4) is 0 Å². The van der Waals surface area contributed by atoms with Gasteiger partial charge in [0.05, 0.1) is 13.0 Å². The van der Waals surface area contributed by atoms with Crippen LogP contribution in [0.5, 0.6) is 0 Å². The van der Waals surface area contributed by atoms with Gasteiger partial charge >= 0.3 is 5.97 Å². The fourth-order valence-electron chi connectivity index (χ4n) is 0.736. The Morgan fingerprint density at radius 3 is 2.85 bits per heavy atom. The Hall–Kier alpha value is -0.220. The molecule has 0 aromatic carbocycles. The second-order valence-electron chi connectivity index (χ2n) is 2.66. The molecular weight excluding hydrogens is 188 g/mol. The number of thioether (sulfide) groups is 1. The highest BCUT2D eigenvalue weighted by Gasteiger charge is 2.01. The van der Waals surface area contributed by atoms with Crippen molar-refractivity contribution in [1.82, 2.24) is 0 Å². The molecule has 0 radical (unpaired) electrons. The molecule has 0 rings (SSSR count). The molecule has 3 nitrogen and oxygen atoms in total. The lowest BCUT2D eigenvalue weighted by molar-refractivity contribution is -0.144. The Kier molecular flexibility index (Phi) is 9.70. The summed E-state index contributed by atoms with van der Waals surface area (Å²) < 4.78 is 4.70. The van der Waals surface area contributed by atoms with Crippen molar-refractivity contribution in [2.75, 3.05) is 24.7 Å². The summed E-state index contributed by atoms with van der Waals surface area (Å²) in [6, 6.07) is 0. The Morgan fingerprint density at radius 1 is 1.46 bits per heavy atom. The molecule has 1 N–H and O–H groups in total. The van der Waals surface area contributed by atoms with Crippen LogP contribution in [0.15, 0.2) is 0 Å². The third kappa shape index (κ3) is 9.70. The highest BCUT2D eigenvalue weighted by atomic mass is 32.2. The summed E-state index contributed by atoms with van der Waals surface area (Å²) >= 11 is 1.78. The van der Waals surface area contributed by atoms with Crippen LogP contribution in [0.3, 0.4) is 0 Å². The van der Waals surface area contributed by atoms with E-state index in [1.54, 1.807) is 11.8 Å². The van der Waals surface area contributed by atoms with Crippen molar-refractivity contribution in [3.63, 3.8) is 0 Å². The predicted octanol–water partition coefficient (Wildman–Crippen LogP) is 1.45. The molecule has 13 heavy (non-hydrogen) atoms. The molecule has 0 saturated carbocycles. The van der Waals surface area contributed by atoms with Gasteiger partial charge in [-0.15, -0.1) is 0 Å². The van der Waals surface area contributed by atoms with Crippen molar-refractivity contribution in [2.45, 2.75) is 26.2 Å². The van der Waals surface area contributed by atoms with Gasteiger partial charge in [-0.2, -0.15) is 11.8 Å². The largest absolute Gasteiger partial charge is 0.463 e. The van der Waals surface area contributed by atoms with Crippen molar-refractivity contribution in [2.24, 2.45) is 0 Å². The van der Waals surface area contributed by atoms with Gasteiger partial charge in [0.1, 0.15) is 6.61 Å². The quantitative estimate of drug-likeness (QED) is 0.482. The first-order valence-corrected chi connectivity index (χ1v) is 5.81. The van der Waals surface area contributed by atoms with Crippen LogP contribution in [-0.4, -0.2) is 35.8 Å². The molecule has 0 aromatic heterocycles. The number of esters is 1. The molecule has 0 aliphatic heterocycles. The summed E-state index contributed by atoms with van der Waals surface area (Å²) in [5, 5.41) is 8.37. The van der Waals surface area contributed by atoms with Crippen molar-refractivity contribution in [1.29, 1.82) is 0 Å². The predicted molar refractivity (Wildman–Crippen MR) is 54.9 cm³/mol. The van der Waals surface area contributed by atoms with Crippen LogP contribution in [0.1, 0.15) is 26.2 Å². The maximum Gasteiger partial charge on any atom is 0.306 e. The van der Waals surface area contributed by atoms with E-state index >= 15 is 0 Å². The zero-order valence-electron chi connectivity index (χ0n) is 8.12. The van der Waals surface area contributed by atoms with Crippen LogP contribution in [0.25, 0.3) is 0 Å². The lowest BCUT2D eigenvalue weighted by atomic mass is 10.4. The summed E-state index contributed by atoms with van der Waals surface area (Å²) in [4.78, 5) is 10.9. The maximum absolute atomic E-state index is 10.9. The van der Waals surface area contributed by atoms with Crippen molar-refractivity contribution in [3.05, 3.63) is 0 Å². The van der Waals surface area contributed by atoms with Gasteiger partial charge in [-0.3, -0.25) is 4.79 Å². The van der Waals surface area contributed by atoms with Crippen LogP contribution < -0.4 is 0 Å². The summed E-state index contributed by atoms with van der Waals surface area (Å²) in [5.74, 6) is 1.73. The van der Waals surface area contributed by atoms with E-state index in [0.29, 0.717) is 6.42 Å². The Labute approximate surface area is 83.9 Å². The van der Waals surface area contributed by atoms with Gasteiger partial charge in [0.25, 0.3) is 0 Å². The first-order chi connectivity index (χ1) is 6.31. The molecule has 0 aliphatic carbocycles. The second-order valence-corrected chi connectivity index (χ2v) is 3.88. The number of unbranched alkanes of at least 4 members (excludes halogenated alkanes) is 1. The lowest BCUT2D eigenvalue weighted by Gasteiger charge is -2.02.